The fourth-order valence-electron chi connectivity index (χ4n) is 3.09. The fraction of sp³-hybridized carbons (Fsp3) is 0.387. The highest BCUT2D eigenvalue weighted by molar-refractivity contribution is 5.75. The minimum Gasteiger partial charge on any atom is -0.393 e. The lowest BCUT2D eigenvalue weighted by Crippen LogP contribution is -2.00. The van der Waals surface area contributed by atoms with Crippen LogP contribution in [0.2, 0.25) is 0 Å². The van der Waals surface area contributed by atoms with E-state index in [-0.39, 0.29) is 11.9 Å². The Morgan fingerprint density at radius 2 is 1.00 bits per heavy atom. The van der Waals surface area contributed by atoms with E-state index >= 15 is 0 Å². The molecule has 1 N–H and O–H groups in total. The van der Waals surface area contributed by atoms with E-state index in [2.05, 4.69) is 56.3 Å². The molecule has 0 spiro atoms. The van der Waals surface area contributed by atoms with Gasteiger partial charge in [-0.1, -0.05) is 105 Å². The third kappa shape index (κ3) is 16.6. The van der Waals surface area contributed by atoms with E-state index in [1.165, 1.54) is 29.5 Å². The van der Waals surface area contributed by atoms with Crippen LogP contribution < -0.4 is 0 Å². The Morgan fingerprint density at radius 1 is 0.636 bits per heavy atom. The average molecular weight is 447 g/mol. The van der Waals surface area contributed by atoms with Crippen LogP contribution in [0.1, 0.15) is 63.6 Å². The SMILES string of the molecule is CC(=O)CCc1ccccc1.CC(C)CCc1ccccc1.CC(O)CCc1ccccc1. The topological polar surface area (TPSA) is 37.3 Å². The van der Waals surface area contributed by atoms with Gasteiger partial charge in [-0.3, -0.25) is 0 Å². The van der Waals surface area contributed by atoms with Gasteiger partial charge in [0.15, 0.2) is 0 Å². The molecule has 0 aliphatic carbocycles. The molecule has 0 aliphatic heterocycles. The van der Waals surface area contributed by atoms with Crippen molar-refractivity contribution in [3.8, 4) is 0 Å². The van der Waals surface area contributed by atoms with E-state index in [1.807, 2.05) is 55.5 Å². The first-order valence-electron chi connectivity index (χ1n) is 12.2. The van der Waals surface area contributed by atoms with Gasteiger partial charge in [0.2, 0.25) is 0 Å². The van der Waals surface area contributed by atoms with Crippen molar-refractivity contribution in [3.05, 3.63) is 108 Å². The van der Waals surface area contributed by atoms with Gasteiger partial charge in [0.1, 0.15) is 5.78 Å². The van der Waals surface area contributed by atoms with Gasteiger partial charge in [0, 0.05) is 6.42 Å². The van der Waals surface area contributed by atoms with Gasteiger partial charge in [-0.15, -0.1) is 0 Å². The van der Waals surface area contributed by atoms with Crippen LogP contribution in [0.25, 0.3) is 0 Å². The standard InChI is InChI=1S/C11H16.C10H14O.C10H12O/c1-10(2)8-9-11-6-4-3-5-7-11;2*1-9(11)7-8-10-5-3-2-4-6-10/h3-7,10H,8-9H2,1-2H3;2-6,9,11H,7-8H2,1H3;2-6H,7-8H2,1H3. The van der Waals surface area contributed by atoms with Gasteiger partial charge in [-0.2, -0.15) is 0 Å². The molecule has 0 heterocycles. The molecule has 0 radical (unpaired) electrons. The Balaban J connectivity index is 0.000000247. The van der Waals surface area contributed by atoms with E-state index in [0.717, 1.165) is 25.2 Å². The summed E-state index contributed by atoms with van der Waals surface area (Å²) in [5.41, 5.74) is 4.00. The molecule has 0 saturated heterocycles. The molecular formula is C31H42O2. The molecule has 178 valence electrons. The summed E-state index contributed by atoms with van der Waals surface area (Å²) in [5.74, 6) is 1.07. The first kappa shape index (κ1) is 28.3. The number of aryl methyl sites for hydroxylation is 3. The van der Waals surface area contributed by atoms with Crippen LogP contribution in [-0.2, 0) is 24.1 Å². The van der Waals surface area contributed by atoms with Gasteiger partial charge in [-0.25, -0.2) is 0 Å². The van der Waals surface area contributed by atoms with E-state index in [9.17, 15) is 4.79 Å². The maximum Gasteiger partial charge on any atom is 0.130 e. The number of rotatable bonds is 9. The molecule has 0 aromatic heterocycles. The minimum atomic E-state index is -0.185. The second kappa shape index (κ2) is 17.8. The van der Waals surface area contributed by atoms with Crippen LogP contribution in [0.15, 0.2) is 91.0 Å². The van der Waals surface area contributed by atoms with Crippen molar-refractivity contribution in [2.75, 3.05) is 0 Å². The van der Waals surface area contributed by atoms with Crippen molar-refractivity contribution < 1.29 is 9.90 Å². The number of aliphatic hydroxyl groups excluding tert-OH is 1. The largest absolute Gasteiger partial charge is 0.393 e. The third-order valence-electron chi connectivity index (χ3n) is 5.16. The van der Waals surface area contributed by atoms with Crippen LogP contribution in [0, 0.1) is 5.92 Å². The number of hydrogen-bond acceptors (Lipinski definition) is 2. The maximum absolute atomic E-state index is 10.6. The zero-order valence-corrected chi connectivity index (χ0v) is 20.9. The van der Waals surface area contributed by atoms with Crippen LogP contribution >= 0.6 is 0 Å². The zero-order chi connectivity index (χ0) is 24.3. The number of Topliss-reactive ketones (excluding diaryl/α,β-unsaturated/α-hetero) is 1. The average Bonchev–Trinajstić information content (AvgIpc) is 2.83. The summed E-state index contributed by atoms with van der Waals surface area (Å²) in [6.07, 6.45) is 5.68. The van der Waals surface area contributed by atoms with Crippen molar-refractivity contribution in [1.29, 1.82) is 0 Å². The summed E-state index contributed by atoms with van der Waals surface area (Å²) in [7, 11) is 0. The number of carbonyl (C=O) groups is 1. The normalized spacial score (nSPS) is 11.0. The zero-order valence-electron chi connectivity index (χ0n) is 20.9. The van der Waals surface area contributed by atoms with Gasteiger partial charge in [0.05, 0.1) is 6.10 Å². The lowest BCUT2D eigenvalue weighted by Gasteiger charge is -2.03. The number of benzene rings is 3. The first-order chi connectivity index (χ1) is 15.9. The summed E-state index contributed by atoms with van der Waals surface area (Å²) in [6, 6.07) is 31.0. The monoisotopic (exact) mass is 446 g/mol. The summed E-state index contributed by atoms with van der Waals surface area (Å²) >= 11 is 0. The molecule has 3 aromatic rings. The Kier molecular flexibility index (Phi) is 15.3. The second-order valence-corrected chi connectivity index (χ2v) is 8.98. The number of ketones is 1. The van der Waals surface area contributed by atoms with Crippen LogP contribution in [0.3, 0.4) is 0 Å². The maximum atomic E-state index is 10.6. The second-order valence-electron chi connectivity index (χ2n) is 8.98. The van der Waals surface area contributed by atoms with Crippen LogP contribution in [-0.4, -0.2) is 17.0 Å². The lowest BCUT2D eigenvalue weighted by atomic mass is 10.0. The van der Waals surface area contributed by atoms with Gasteiger partial charge >= 0.3 is 0 Å². The fourth-order valence-corrected chi connectivity index (χ4v) is 3.09. The number of carbonyl (C=O) groups excluding carboxylic acids is 1. The van der Waals surface area contributed by atoms with E-state index in [0.29, 0.717) is 6.42 Å². The molecular weight excluding hydrogens is 404 g/mol. The third-order valence-corrected chi connectivity index (χ3v) is 5.16. The summed E-state index contributed by atoms with van der Waals surface area (Å²) in [5, 5.41) is 9.01. The van der Waals surface area contributed by atoms with Crippen molar-refractivity contribution >= 4 is 5.78 Å². The van der Waals surface area contributed by atoms with E-state index in [4.69, 9.17) is 5.11 Å². The highest BCUT2D eigenvalue weighted by Gasteiger charge is 1.96. The molecule has 2 heteroatoms. The summed E-state index contributed by atoms with van der Waals surface area (Å²) in [4.78, 5) is 10.6. The van der Waals surface area contributed by atoms with Gasteiger partial charge in [-0.05, 0) is 68.6 Å². The van der Waals surface area contributed by atoms with Gasteiger partial charge < -0.3 is 9.90 Å². The lowest BCUT2D eigenvalue weighted by molar-refractivity contribution is -0.116. The molecule has 1 atom stereocenters. The predicted octanol–water partition coefficient (Wildman–Crippen LogP) is 7.48. The van der Waals surface area contributed by atoms with Crippen molar-refractivity contribution in [1.82, 2.24) is 0 Å². The van der Waals surface area contributed by atoms with E-state index < -0.39 is 0 Å². The molecule has 33 heavy (non-hydrogen) atoms. The molecule has 2 nitrogen and oxygen atoms in total. The Hall–Kier alpha value is -2.71. The van der Waals surface area contributed by atoms with Gasteiger partial charge in [0.25, 0.3) is 0 Å². The molecule has 0 saturated carbocycles. The molecule has 0 fully saturated rings. The van der Waals surface area contributed by atoms with Crippen LogP contribution in [0.4, 0.5) is 0 Å². The Morgan fingerprint density at radius 3 is 1.33 bits per heavy atom. The molecule has 1 unspecified atom stereocenters. The molecule has 3 rings (SSSR count). The van der Waals surface area contributed by atoms with E-state index in [1.54, 1.807) is 6.92 Å². The predicted molar refractivity (Wildman–Crippen MR) is 141 cm³/mol. The summed E-state index contributed by atoms with van der Waals surface area (Å²) in [6.45, 7) is 7.98. The Labute approximate surface area is 201 Å². The molecule has 0 aliphatic rings. The molecule has 3 aromatic carbocycles. The molecule has 0 amide bonds. The minimum absolute atomic E-state index is 0.185. The highest BCUT2D eigenvalue weighted by Crippen LogP contribution is 2.08. The van der Waals surface area contributed by atoms with Crippen molar-refractivity contribution in [2.45, 2.75) is 72.3 Å². The summed E-state index contributed by atoms with van der Waals surface area (Å²) < 4.78 is 0. The molecule has 0 bridgehead atoms. The van der Waals surface area contributed by atoms with Crippen molar-refractivity contribution in [2.24, 2.45) is 5.92 Å². The Bertz CT molecular complexity index is 792. The smallest absolute Gasteiger partial charge is 0.130 e. The number of hydrogen-bond donors (Lipinski definition) is 1. The highest BCUT2D eigenvalue weighted by atomic mass is 16.3. The van der Waals surface area contributed by atoms with Crippen LogP contribution in [0.5, 0.6) is 0 Å². The number of aliphatic hydroxyl groups is 1. The van der Waals surface area contributed by atoms with Crippen molar-refractivity contribution in [3.63, 3.8) is 0 Å². The quantitative estimate of drug-likeness (QED) is 0.370. The first-order valence-corrected chi connectivity index (χ1v) is 12.2.